The lowest BCUT2D eigenvalue weighted by atomic mass is 9.79. The molecule has 120 valence electrons. The van der Waals surface area contributed by atoms with Crippen LogP contribution in [0, 0.1) is 0 Å². The minimum Gasteiger partial charge on any atom is -0.496 e. The number of methoxy groups -OCH3 is 1. The molecule has 1 aromatic rings. The molecule has 2 unspecified atom stereocenters. The topological polar surface area (TPSA) is 12.5 Å². The van der Waals surface area contributed by atoms with Crippen molar-refractivity contribution in [2.45, 2.75) is 58.4 Å². The van der Waals surface area contributed by atoms with Crippen LogP contribution in [0.5, 0.6) is 5.75 Å². The van der Waals surface area contributed by atoms with Gasteiger partial charge in [-0.2, -0.15) is 0 Å². The molecular formula is C18H30ClNO. The standard InChI is InChI=1S/C18H29NO.ClH/c1-5-12-19(13-6-2)17-11-10-16-15(14(17)3)8-7-9-18(16)20-4;/h7-9,14,17H,5-6,10-13H2,1-4H3;1H. The van der Waals surface area contributed by atoms with Crippen LogP contribution in [0.3, 0.4) is 0 Å². The van der Waals surface area contributed by atoms with Crippen LogP contribution >= 0.6 is 12.4 Å². The van der Waals surface area contributed by atoms with Crippen molar-refractivity contribution in [1.29, 1.82) is 0 Å². The van der Waals surface area contributed by atoms with Gasteiger partial charge in [0.1, 0.15) is 5.75 Å². The molecule has 2 nitrogen and oxygen atoms in total. The Morgan fingerprint density at radius 2 is 1.86 bits per heavy atom. The van der Waals surface area contributed by atoms with E-state index >= 15 is 0 Å². The maximum Gasteiger partial charge on any atom is 0.122 e. The fourth-order valence-electron chi connectivity index (χ4n) is 3.73. The van der Waals surface area contributed by atoms with Gasteiger partial charge in [0, 0.05) is 6.04 Å². The molecule has 0 spiro atoms. The van der Waals surface area contributed by atoms with E-state index in [4.69, 9.17) is 4.74 Å². The monoisotopic (exact) mass is 311 g/mol. The van der Waals surface area contributed by atoms with Crippen LogP contribution in [0.15, 0.2) is 18.2 Å². The van der Waals surface area contributed by atoms with Crippen molar-refractivity contribution in [1.82, 2.24) is 4.90 Å². The average Bonchev–Trinajstić information content (AvgIpc) is 2.47. The van der Waals surface area contributed by atoms with Crippen molar-refractivity contribution < 1.29 is 4.74 Å². The molecule has 3 heteroatoms. The van der Waals surface area contributed by atoms with E-state index in [0.717, 1.165) is 12.2 Å². The molecule has 0 amide bonds. The van der Waals surface area contributed by atoms with E-state index in [0.29, 0.717) is 12.0 Å². The van der Waals surface area contributed by atoms with Crippen LogP contribution in [0.25, 0.3) is 0 Å². The molecule has 0 heterocycles. The molecule has 0 aliphatic heterocycles. The summed E-state index contributed by atoms with van der Waals surface area (Å²) in [6.07, 6.45) is 4.90. The molecule has 21 heavy (non-hydrogen) atoms. The summed E-state index contributed by atoms with van der Waals surface area (Å²) in [5, 5.41) is 0. The minimum absolute atomic E-state index is 0. The summed E-state index contributed by atoms with van der Waals surface area (Å²) >= 11 is 0. The van der Waals surface area contributed by atoms with Crippen LogP contribution < -0.4 is 4.74 Å². The smallest absolute Gasteiger partial charge is 0.122 e. The first-order chi connectivity index (χ1) is 9.72. The van der Waals surface area contributed by atoms with Crippen molar-refractivity contribution in [3.8, 4) is 5.75 Å². The van der Waals surface area contributed by atoms with Crippen molar-refractivity contribution in [2.24, 2.45) is 0 Å². The van der Waals surface area contributed by atoms with Crippen LogP contribution in [-0.2, 0) is 6.42 Å². The Morgan fingerprint density at radius 1 is 1.19 bits per heavy atom. The minimum atomic E-state index is 0. The second kappa shape index (κ2) is 8.65. The zero-order chi connectivity index (χ0) is 14.5. The summed E-state index contributed by atoms with van der Waals surface area (Å²) in [5.74, 6) is 1.68. The highest BCUT2D eigenvalue weighted by atomic mass is 35.5. The predicted molar refractivity (Wildman–Crippen MR) is 92.9 cm³/mol. The Morgan fingerprint density at radius 3 is 2.43 bits per heavy atom. The molecule has 1 aliphatic rings. The van der Waals surface area contributed by atoms with E-state index < -0.39 is 0 Å². The average molecular weight is 312 g/mol. The predicted octanol–water partition coefficient (Wildman–Crippen LogP) is 4.66. The van der Waals surface area contributed by atoms with Crippen molar-refractivity contribution in [3.63, 3.8) is 0 Å². The number of hydrogen-bond donors (Lipinski definition) is 0. The zero-order valence-electron chi connectivity index (χ0n) is 13.9. The van der Waals surface area contributed by atoms with Gasteiger partial charge >= 0.3 is 0 Å². The summed E-state index contributed by atoms with van der Waals surface area (Å²) in [7, 11) is 1.78. The third kappa shape index (κ3) is 3.92. The van der Waals surface area contributed by atoms with Gasteiger partial charge in [-0.05, 0) is 61.9 Å². The van der Waals surface area contributed by atoms with Gasteiger partial charge in [0.05, 0.1) is 7.11 Å². The molecule has 0 radical (unpaired) electrons. The van der Waals surface area contributed by atoms with Crippen LogP contribution in [0.2, 0.25) is 0 Å². The van der Waals surface area contributed by atoms with Gasteiger partial charge in [0.2, 0.25) is 0 Å². The van der Waals surface area contributed by atoms with E-state index in [2.05, 4.69) is 43.9 Å². The molecule has 0 bridgehead atoms. The lowest BCUT2D eigenvalue weighted by Gasteiger charge is -2.40. The molecule has 1 aliphatic carbocycles. The molecule has 0 saturated heterocycles. The summed E-state index contributed by atoms with van der Waals surface area (Å²) in [6.45, 7) is 9.41. The van der Waals surface area contributed by atoms with Crippen molar-refractivity contribution >= 4 is 12.4 Å². The lowest BCUT2D eigenvalue weighted by molar-refractivity contribution is 0.158. The molecule has 1 aromatic carbocycles. The fourth-order valence-corrected chi connectivity index (χ4v) is 3.73. The lowest BCUT2D eigenvalue weighted by Crippen LogP contribution is -2.42. The second-order valence-corrected chi connectivity index (χ2v) is 5.96. The first kappa shape index (κ1) is 18.3. The number of ether oxygens (including phenoxy) is 1. The van der Waals surface area contributed by atoms with Crippen LogP contribution in [0.1, 0.15) is 57.1 Å². The molecule has 0 saturated carbocycles. The highest BCUT2D eigenvalue weighted by Gasteiger charge is 2.31. The Labute approximate surface area is 136 Å². The number of nitrogens with zero attached hydrogens (tertiary/aromatic N) is 1. The Kier molecular flexibility index (Phi) is 7.55. The summed E-state index contributed by atoms with van der Waals surface area (Å²) in [5.41, 5.74) is 2.93. The SMILES string of the molecule is CCCN(CCC)C1CCc2c(OC)cccc2C1C.Cl. The quantitative estimate of drug-likeness (QED) is 0.757. The van der Waals surface area contributed by atoms with Crippen LogP contribution in [0.4, 0.5) is 0 Å². The highest BCUT2D eigenvalue weighted by molar-refractivity contribution is 5.85. The summed E-state index contributed by atoms with van der Waals surface area (Å²) in [4.78, 5) is 2.70. The zero-order valence-corrected chi connectivity index (χ0v) is 14.7. The number of rotatable bonds is 6. The molecule has 0 aromatic heterocycles. The molecule has 0 N–H and O–H groups in total. The third-order valence-electron chi connectivity index (χ3n) is 4.64. The van der Waals surface area contributed by atoms with Gasteiger partial charge in [0.25, 0.3) is 0 Å². The first-order valence-electron chi connectivity index (χ1n) is 8.12. The fraction of sp³-hybridized carbons (Fsp3) is 0.667. The normalized spacial score (nSPS) is 20.8. The maximum atomic E-state index is 5.54. The van der Waals surface area contributed by atoms with Gasteiger partial charge in [-0.1, -0.05) is 32.9 Å². The Bertz CT molecular complexity index is 429. The van der Waals surface area contributed by atoms with E-state index in [1.165, 1.54) is 43.5 Å². The van der Waals surface area contributed by atoms with E-state index in [-0.39, 0.29) is 12.4 Å². The first-order valence-corrected chi connectivity index (χ1v) is 8.12. The maximum absolute atomic E-state index is 5.54. The van der Waals surface area contributed by atoms with Gasteiger partial charge in [0.15, 0.2) is 0 Å². The van der Waals surface area contributed by atoms with E-state index in [1.807, 2.05) is 0 Å². The second-order valence-electron chi connectivity index (χ2n) is 5.96. The van der Waals surface area contributed by atoms with E-state index in [9.17, 15) is 0 Å². The van der Waals surface area contributed by atoms with Gasteiger partial charge < -0.3 is 4.74 Å². The van der Waals surface area contributed by atoms with Crippen LogP contribution in [-0.4, -0.2) is 31.1 Å². The molecule has 0 fully saturated rings. The molecule has 2 atom stereocenters. The number of benzene rings is 1. The van der Waals surface area contributed by atoms with E-state index in [1.54, 1.807) is 7.11 Å². The van der Waals surface area contributed by atoms with Gasteiger partial charge in [-0.15, -0.1) is 12.4 Å². The highest BCUT2D eigenvalue weighted by Crippen LogP contribution is 2.38. The summed E-state index contributed by atoms with van der Waals surface area (Å²) in [6, 6.07) is 7.22. The third-order valence-corrected chi connectivity index (χ3v) is 4.64. The molecule has 2 rings (SSSR count). The van der Waals surface area contributed by atoms with Gasteiger partial charge in [-0.25, -0.2) is 0 Å². The number of halogens is 1. The number of hydrogen-bond acceptors (Lipinski definition) is 2. The molecular weight excluding hydrogens is 282 g/mol. The Balaban J connectivity index is 0.00000220. The van der Waals surface area contributed by atoms with Crippen molar-refractivity contribution in [2.75, 3.05) is 20.2 Å². The summed E-state index contributed by atoms with van der Waals surface area (Å²) < 4.78 is 5.54. The van der Waals surface area contributed by atoms with Gasteiger partial charge in [-0.3, -0.25) is 4.90 Å². The Hall–Kier alpha value is -0.730. The largest absolute Gasteiger partial charge is 0.496 e. The number of fused-ring (bicyclic) bond motifs is 1. The van der Waals surface area contributed by atoms with Crippen molar-refractivity contribution in [3.05, 3.63) is 29.3 Å².